The Bertz CT molecular complexity index is 369. The molecule has 4 heteroatoms. The van der Waals surface area contributed by atoms with Gasteiger partial charge < -0.3 is 5.11 Å². The van der Waals surface area contributed by atoms with Gasteiger partial charge in [-0.3, -0.25) is 0 Å². The predicted molar refractivity (Wildman–Crippen MR) is 50.7 cm³/mol. The zero-order chi connectivity index (χ0) is 11.8. The van der Waals surface area contributed by atoms with E-state index in [1.807, 2.05) is 0 Å². The molecule has 0 amide bonds. The SMILES string of the molecule is CC(C)(C)C(O)c1c(F)ccc(F)c1F. The first-order valence-corrected chi connectivity index (χ1v) is 4.56. The fourth-order valence-electron chi connectivity index (χ4n) is 1.23. The summed E-state index contributed by atoms with van der Waals surface area (Å²) in [5.41, 5.74) is -1.36. The van der Waals surface area contributed by atoms with Gasteiger partial charge in [0.05, 0.1) is 11.7 Å². The van der Waals surface area contributed by atoms with Crippen molar-refractivity contribution in [2.75, 3.05) is 0 Å². The number of benzene rings is 1. The maximum atomic E-state index is 13.3. The van der Waals surface area contributed by atoms with Crippen molar-refractivity contribution in [2.45, 2.75) is 26.9 Å². The predicted octanol–water partition coefficient (Wildman–Crippen LogP) is 3.18. The lowest BCUT2D eigenvalue weighted by Gasteiger charge is -2.26. The van der Waals surface area contributed by atoms with Gasteiger partial charge in [0.2, 0.25) is 0 Å². The Morgan fingerprint density at radius 2 is 1.53 bits per heavy atom. The Hall–Kier alpha value is -1.03. The Kier molecular flexibility index (Phi) is 3.09. The summed E-state index contributed by atoms with van der Waals surface area (Å²) in [7, 11) is 0. The molecule has 0 aromatic heterocycles. The molecule has 0 radical (unpaired) electrons. The molecule has 0 saturated carbocycles. The Labute approximate surface area is 86.5 Å². The molecule has 1 rings (SSSR count). The third kappa shape index (κ3) is 2.31. The van der Waals surface area contributed by atoms with Crippen LogP contribution in [0.5, 0.6) is 0 Å². The van der Waals surface area contributed by atoms with E-state index in [1.165, 1.54) is 0 Å². The van der Waals surface area contributed by atoms with Crippen molar-refractivity contribution < 1.29 is 18.3 Å². The molecule has 0 heterocycles. The first-order valence-electron chi connectivity index (χ1n) is 4.56. The smallest absolute Gasteiger partial charge is 0.167 e. The molecule has 0 spiro atoms. The van der Waals surface area contributed by atoms with E-state index in [0.29, 0.717) is 6.07 Å². The molecule has 0 aliphatic heterocycles. The second-order valence-corrected chi connectivity index (χ2v) is 4.53. The standard InChI is InChI=1S/C11H13F3O/c1-11(2,3)10(15)8-6(12)4-5-7(13)9(8)14/h4-5,10,15H,1-3H3. The van der Waals surface area contributed by atoms with E-state index in [-0.39, 0.29) is 0 Å². The van der Waals surface area contributed by atoms with Crippen LogP contribution in [0.15, 0.2) is 12.1 Å². The summed E-state index contributed by atoms with van der Waals surface area (Å²) in [6.45, 7) is 4.84. The lowest BCUT2D eigenvalue weighted by Crippen LogP contribution is -2.20. The first-order chi connectivity index (χ1) is 6.75. The third-order valence-corrected chi connectivity index (χ3v) is 2.17. The van der Waals surface area contributed by atoms with E-state index < -0.39 is 34.5 Å². The van der Waals surface area contributed by atoms with Gasteiger partial charge in [-0.15, -0.1) is 0 Å². The van der Waals surface area contributed by atoms with Crippen LogP contribution in [-0.4, -0.2) is 5.11 Å². The molecule has 0 aliphatic carbocycles. The zero-order valence-electron chi connectivity index (χ0n) is 8.81. The molecule has 84 valence electrons. The lowest BCUT2D eigenvalue weighted by molar-refractivity contribution is 0.0553. The minimum atomic E-state index is -1.38. The van der Waals surface area contributed by atoms with Gasteiger partial charge in [-0.05, 0) is 17.5 Å². The number of aliphatic hydroxyl groups is 1. The van der Waals surface area contributed by atoms with Gasteiger partial charge in [-0.2, -0.15) is 0 Å². The van der Waals surface area contributed by atoms with E-state index in [0.717, 1.165) is 6.07 Å². The highest BCUT2D eigenvalue weighted by Crippen LogP contribution is 2.35. The fourth-order valence-corrected chi connectivity index (χ4v) is 1.23. The average molecular weight is 218 g/mol. The number of rotatable bonds is 1. The summed E-state index contributed by atoms with van der Waals surface area (Å²) in [5.74, 6) is -3.41. The van der Waals surface area contributed by atoms with Crippen LogP contribution in [0.3, 0.4) is 0 Å². The number of halogens is 3. The summed E-state index contributed by atoms with van der Waals surface area (Å²) in [5, 5.41) is 9.70. The zero-order valence-corrected chi connectivity index (χ0v) is 8.81. The van der Waals surface area contributed by atoms with E-state index in [4.69, 9.17) is 0 Å². The molecule has 0 saturated heterocycles. The lowest BCUT2D eigenvalue weighted by atomic mass is 9.84. The van der Waals surface area contributed by atoms with Gasteiger partial charge in [-0.25, -0.2) is 13.2 Å². The van der Waals surface area contributed by atoms with E-state index >= 15 is 0 Å². The van der Waals surface area contributed by atoms with Crippen LogP contribution in [0.2, 0.25) is 0 Å². The van der Waals surface area contributed by atoms with Crippen LogP contribution < -0.4 is 0 Å². The highest BCUT2D eigenvalue weighted by atomic mass is 19.2. The monoisotopic (exact) mass is 218 g/mol. The van der Waals surface area contributed by atoms with Crippen molar-refractivity contribution >= 4 is 0 Å². The summed E-state index contributed by atoms with van der Waals surface area (Å²) in [6.07, 6.45) is -1.38. The van der Waals surface area contributed by atoms with Gasteiger partial charge in [-0.1, -0.05) is 20.8 Å². The van der Waals surface area contributed by atoms with E-state index in [2.05, 4.69) is 0 Å². The quantitative estimate of drug-likeness (QED) is 0.718. The Balaban J connectivity index is 3.31. The summed E-state index contributed by atoms with van der Waals surface area (Å²) in [4.78, 5) is 0. The van der Waals surface area contributed by atoms with Crippen LogP contribution >= 0.6 is 0 Å². The first kappa shape index (κ1) is 12.0. The highest BCUT2D eigenvalue weighted by Gasteiger charge is 2.30. The normalized spacial score (nSPS) is 14.1. The second kappa shape index (κ2) is 3.85. The Morgan fingerprint density at radius 3 is 2.00 bits per heavy atom. The summed E-state index contributed by atoms with van der Waals surface area (Å²) in [6, 6.07) is 1.51. The third-order valence-electron chi connectivity index (χ3n) is 2.17. The number of aliphatic hydroxyl groups excluding tert-OH is 1. The maximum Gasteiger partial charge on any atom is 0.167 e. The molecule has 0 bridgehead atoms. The molecule has 15 heavy (non-hydrogen) atoms. The minimum absolute atomic E-state index is 0.609. The molecule has 0 fully saturated rings. The van der Waals surface area contributed by atoms with Crippen molar-refractivity contribution in [3.63, 3.8) is 0 Å². The van der Waals surface area contributed by atoms with Crippen molar-refractivity contribution in [3.8, 4) is 0 Å². The Morgan fingerprint density at radius 1 is 1.07 bits per heavy atom. The van der Waals surface area contributed by atoms with Crippen LogP contribution in [0.1, 0.15) is 32.4 Å². The number of hydrogen-bond donors (Lipinski definition) is 1. The molecule has 1 aromatic carbocycles. The van der Waals surface area contributed by atoms with Gasteiger partial charge in [0.25, 0.3) is 0 Å². The fraction of sp³-hybridized carbons (Fsp3) is 0.455. The summed E-state index contributed by atoms with van der Waals surface area (Å²) < 4.78 is 39.4. The molecule has 1 nitrogen and oxygen atoms in total. The van der Waals surface area contributed by atoms with E-state index in [9.17, 15) is 18.3 Å². The van der Waals surface area contributed by atoms with E-state index in [1.54, 1.807) is 20.8 Å². The number of hydrogen-bond acceptors (Lipinski definition) is 1. The van der Waals surface area contributed by atoms with Crippen molar-refractivity contribution in [3.05, 3.63) is 35.1 Å². The van der Waals surface area contributed by atoms with Crippen molar-refractivity contribution in [1.29, 1.82) is 0 Å². The second-order valence-electron chi connectivity index (χ2n) is 4.53. The van der Waals surface area contributed by atoms with Crippen LogP contribution in [0, 0.1) is 22.9 Å². The van der Waals surface area contributed by atoms with Gasteiger partial charge in [0.1, 0.15) is 5.82 Å². The van der Waals surface area contributed by atoms with Crippen molar-refractivity contribution in [1.82, 2.24) is 0 Å². The molecular formula is C11H13F3O. The van der Waals surface area contributed by atoms with Crippen LogP contribution in [0.4, 0.5) is 13.2 Å². The highest BCUT2D eigenvalue weighted by molar-refractivity contribution is 5.24. The van der Waals surface area contributed by atoms with Gasteiger partial charge in [0, 0.05) is 0 Å². The molecule has 1 aromatic rings. The van der Waals surface area contributed by atoms with Gasteiger partial charge in [0.15, 0.2) is 11.6 Å². The molecule has 0 aliphatic rings. The molecule has 1 unspecified atom stereocenters. The summed E-state index contributed by atoms with van der Waals surface area (Å²) >= 11 is 0. The largest absolute Gasteiger partial charge is 0.388 e. The van der Waals surface area contributed by atoms with Crippen LogP contribution in [-0.2, 0) is 0 Å². The van der Waals surface area contributed by atoms with Crippen LogP contribution in [0.25, 0.3) is 0 Å². The van der Waals surface area contributed by atoms with Gasteiger partial charge >= 0.3 is 0 Å². The topological polar surface area (TPSA) is 20.2 Å². The maximum absolute atomic E-state index is 13.3. The average Bonchev–Trinajstić information content (AvgIpc) is 2.10. The molecule has 1 N–H and O–H groups in total. The van der Waals surface area contributed by atoms with Crippen molar-refractivity contribution in [2.24, 2.45) is 5.41 Å². The minimum Gasteiger partial charge on any atom is -0.388 e. The molecule has 1 atom stereocenters. The molecular weight excluding hydrogens is 205 g/mol.